The minimum atomic E-state index is -0.824. The molecule has 1 atom stereocenters. The smallest absolute Gasteiger partial charge is 0.295 e. The van der Waals surface area contributed by atoms with Gasteiger partial charge in [0.2, 0.25) is 0 Å². The van der Waals surface area contributed by atoms with Gasteiger partial charge in [0.15, 0.2) is 0 Å². The van der Waals surface area contributed by atoms with E-state index in [1.54, 1.807) is 36.4 Å². The summed E-state index contributed by atoms with van der Waals surface area (Å²) in [7, 11) is 2.98. The maximum absolute atomic E-state index is 13.2. The first kappa shape index (κ1) is 21.9. The number of benzene rings is 2. The molecule has 1 aliphatic rings. The van der Waals surface area contributed by atoms with Crippen LogP contribution in [0.1, 0.15) is 22.0 Å². The van der Waals surface area contributed by atoms with E-state index in [9.17, 15) is 14.7 Å². The van der Waals surface area contributed by atoms with Crippen LogP contribution in [0.15, 0.2) is 65.6 Å². The molecule has 2 heterocycles. The van der Waals surface area contributed by atoms with Crippen LogP contribution in [0.3, 0.4) is 0 Å². The van der Waals surface area contributed by atoms with Crippen LogP contribution in [0.5, 0.6) is 11.5 Å². The fourth-order valence-electron chi connectivity index (χ4n) is 3.79. The van der Waals surface area contributed by atoms with Gasteiger partial charge in [0.1, 0.15) is 17.3 Å². The molecule has 1 aliphatic heterocycles. The molecule has 1 fully saturated rings. The number of aliphatic hydroxyl groups excluding tert-OH is 1. The van der Waals surface area contributed by atoms with Gasteiger partial charge in [-0.15, -0.1) is 11.3 Å². The van der Waals surface area contributed by atoms with E-state index in [1.165, 1.54) is 36.5 Å². The van der Waals surface area contributed by atoms with E-state index in [0.29, 0.717) is 27.6 Å². The molecule has 0 radical (unpaired) electrons. The highest BCUT2D eigenvalue weighted by atomic mass is 35.5. The Morgan fingerprint density at radius 2 is 1.81 bits per heavy atom. The Labute approximate surface area is 194 Å². The predicted octanol–water partition coefficient (Wildman–Crippen LogP) is 5.04. The molecule has 3 aromatic rings. The number of Topliss-reactive ketones (excluding diaryl/α,β-unsaturated/α-hetero) is 1. The summed E-state index contributed by atoms with van der Waals surface area (Å²) in [6, 6.07) is 14.8. The lowest BCUT2D eigenvalue weighted by Crippen LogP contribution is -2.29. The standard InChI is InChI=1S/C24H20ClNO5S/c1-30-18-8-4-3-7-16(18)21-20(22(27)14-9-10-17(25)19(12-14)31-2)23(28)24(29)26(21)13-15-6-5-11-32-15/h3-12,21,27H,13H2,1-2H3/b22-20+. The van der Waals surface area contributed by atoms with Crippen molar-refractivity contribution in [2.45, 2.75) is 12.6 Å². The van der Waals surface area contributed by atoms with E-state index in [4.69, 9.17) is 21.1 Å². The number of aliphatic hydroxyl groups is 1. The lowest BCUT2D eigenvalue weighted by Gasteiger charge is -2.26. The van der Waals surface area contributed by atoms with Crippen LogP contribution in [0.4, 0.5) is 0 Å². The van der Waals surface area contributed by atoms with Crippen LogP contribution in [-0.2, 0) is 16.1 Å². The summed E-state index contributed by atoms with van der Waals surface area (Å²) < 4.78 is 10.7. The molecule has 0 aliphatic carbocycles. The molecule has 0 spiro atoms. The number of para-hydroxylation sites is 1. The average molecular weight is 470 g/mol. The zero-order chi connectivity index (χ0) is 22.8. The summed E-state index contributed by atoms with van der Waals surface area (Å²) in [6.07, 6.45) is 0. The summed E-state index contributed by atoms with van der Waals surface area (Å²) in [6.45, 7) is 0.228. The van der Waals surface area contributed by atoms with Crippen LogP contribution in [0.25, 0.3) is 5.76 Å². The van der Waals surface area contributed by atoms with Gasteiger partial charge in [-0.1, -0.05) is 35.9 Å². The molecule has 1 amide bonds. The first-order valence-electron chi connectivity index (χ1n) is 9.74. The predicted molar refractivity (Wildman–Crippen MR) is 123 cm³/mol. The van der Waals surface area contributed by atoms with E-state index < -0.39 is 17.7 Å². The molecular weight excluding hydrogens is 450 g/mol. The Morgan fingerprint density at radius 1 is 1.06 bits per heavy atom. The summed E-state index contributed by atoms with van der Waals surface area (Å²) >= 11 is 7.60. The van der Waals surface area contributed by atoms with Crippen molar-refractivity contribution in [3.63, 3.8) is 0 Å². The third-order valence-electron chi connectivity index (χ3n) is 5.30. The number of amides is 1. The van der Waals surface area contributed by atoms with Gasteiger partial charge in [0.05, 0.1) is 37.4 Å². The molecule has 32 heavy (non-hydrogen) atoms. The molecule has 4 rings (SSSR count). The summed E-state index contributed by atoms with van der Waals surface area (Å²) in [5.74, 6) is -0.892. The van der Waals surface area contributed by atoms with Gasteiger partial charge in [-0.05, 0) is 35.7 Å². The Bertz CT molecular complexity index is 1200. The topological polar surface area (TPSA) is 76.1 Å². The van der Waals surface area contributed by atoms with Crippen molar-refractivity contribution in [1.82, 2.24) is 4.90 Å². The SMILES string of the molecule is COc1cc(/C(O)=C2\C(=O)C(=O)N(Cc3cccs3)C2c2ccccc2OC)ccc1Cl. The van der Waals surface area contributed by atoms with Gasteiger partial charge in [0, 0.05) is 16.0 Å². The second kappa shape index (κ2) is 9.06. The first-order valence-corrected chi connectivity index (χ1v) is 11.0. The van der Waals surface area contributed by atoms with E-state index >= 15 is 0 Å². The summed E-state index contributed by atoms with van der Waals surface area (Å²) in [5, 5.41) is 13.5. The van der Waals surface area contributed by atoms with Crippen LogP contribution in [0, 0.1) is 0 Å². The number of likely N-dealkylation sites (tertiary alicyclic amines) is 1. The minimum absolute atomic E-state index is 0.0135. The fraction of sp³-hybridized carbons (Fsp3) is 0.167. The number of ketones is 1. The highest BCUT2D eigenvalue weighted by Crippen LogP contribution is 2.44. The average Bonchev–Trinajstić information content (AvgIpc) is 3.41. The van der Waals surface area contributed by atoms with Crippen molar-refractivity contribution in [3.8, 4) is 11.5 Å². The van der Waals surface area contributed by atoms with E-state index in [0.717, 1.165) is 4.88 Å². The first-order chi connectivity index (χ1) is 15.5. The number of carbonyl (C=O) groups is 2. The number of nitrogens with zero attached hydrogens (tertiary/aromatic N) is 1. The molecular formula is C24H20ClNO5S. The number of hydrogen-bond acceptors (Lipinski definition) is 6. The molecule has 0 saturated carbocycles. The summed E-state index contributed by atoms with van der Waals surface area (Å²) in [4.78, 5) is 28.6. The van der Waals surface area contributed by atoms with Crippen LogP contribution in [0.2, 0.25) is 5.02 Å². The molecule has 2 aromatic carbocycles. The lowest BCUT2D eigenvalue weighted by atomic mass is 9.94. The van der Waals surface area contributed by atoms with Gasteiger partial charge in [-0.2, -0.15) is 0 Å². The molecule has 6 nitrogen and oxygen atoms in total. The number of hydrogen-bond donors (Lipinski definition) is 1. The summed E-state index contributed by atoms with van der Waals surface area (Å²) in [5.41, 5.74) is 0.911. The fourth-order valence-corrected chi connectivity index (χ4v) is 4.69. The number of thiophene rings is 1. The molecule has 164 valence electrons. The Balaban J connectivity index is 1.91. The third-order valence-corrected chi connectivity index (χ3v) is 6.48. The third kappa shape index (κ3) is 3.85. The quantitative estimate of drug-likeness (QED) is 0.311. The zero-order valence-electron chi connectivity index (χ0n) is 17.4. The number of rotatable bonds is 6. The van der Waals surface area contributed by atoms with Crippen LogP contribution < -0.4 is 9.47 Å². The number of ether oxygens (including phenoxy) is 2. The van der Waals surface area contributed by atoms with E-state index in [2.05, 4.69) is 0 Å². The molecule has 8 heteroatoms. The monoisotopic (exact) mass is 469 g/mol. The molecule has 1 N–H and O–H groups in total. The van der Waals surface area contributed by atoms with Gasteiger partial charge in [-0.25, -0.2) is 0 Å². The van der Waals surface area contributed by atoms with Gasteiger partial charge in [-0.3, -0.25) is 9.59 Å². The number of methoxy groups -OCH3 is 2. The van der Waals surface area contributed by atoms with E-state index in [1.807, 2.05) is 17.5 Å². The minimum Gasteiger partial charge on any atom is -0.507 e. The Morgan fingerprint density at radius 3 is 2.50 bits per heavy atom. The molecule has 0 bridgehead atoms. The van der Waals surface area contributed by atoms with Crippen LogP contribution in [-0.4, -0.2) is 35.9 Å². The van der Waals surface area contributed by atoms with Gasteiger partial charge < -0.3 is 19.5 Å². The molecule has 1 saturated heterocycles. The van der Waals surface area contributed by atoms with Crippen molar-refractivity contribution in [3.05, 3.63) is 86.6 Å². The van der Waals surface area contributed by atoms with Crippen molar-refractivity contribution in [1.29, 1.82) is 0 Å². The van der Waals surface area contributed by atoms with Gasteiger partial charge >= 0.3 is 0 Å². The van der Waals surface area contributed by atoms with Crippen molar-refractivity contribution >= 4 is 40.4 Å². The lowest BCUT2D eigenvalue weighted by molar-refractivity contribution is -0.140. The Hall–Kier alpha value is -3.29. The van der Waals surface area contributed by atoms with E-state index in [-0.39, 0.29) is 17.9 Å². The van der Waals surface area contributed by atoms with Crippen molar-refractivity contribution in [2.75, 3.05) is 14.2 Å². The number of halogens is 1. The molecule has 1 unspecified atom stereocenters. The largest absolute Gasteiger partial charge is 0.507 e. The highest BCUT2D eigenvalue weighted by molar-refractivity contribution is 7.09. The zero-order valence-corrected chi connectivity index (χ0v) is 18.9. The second-order valence-corrected chi connectivity index (χ2v) is 8.54. The van der Waals surface area contributed by atoms with Crippen molar-refractivity contribution in [2.24, 2.45) is 0 Å². The maximum atomic E-state index is 13.2. The van der Waals surface area contributed by atoms with Crippen molar-refractivity contribution < 1.29 is 24.2 Å². The van der Waals surface area contributed by atoms with Crippen LogP contribution >= 0.6 is 22.9 Å². The maximum Gasteiger partial charge on any atom is 0.295 e. The highest BCUT2D eigenvalue weighted by Gasteiger charge is 2.47. The molecule has 1 aromatic heterocycles. The van der Waals surface area contributed by atoms with Gasteiger partial charge in [0.25, 0.3) is 11.7 Å². The second-order valence-electron chi connectivity index (χ2n) is 7.10. The number of carbonyl (C=O) groups excluding carboxylic acids is 2. The normalized spacial score (nSPS) is 17.6. The Kier molecular flexibility index (Phi) is 6.21.